The van der Waals surface area contributed by atoms with Crippen molar-refractivity contribution in [3.63, 3.8) is 0 Å². The van der Waals surface area contributed by atoms with Crippen LogP contribution in [0.4, 0.5) is 13.2 Å². The van der Waals surface area contributed by atoms with Gasteiger partial charge in [0.2, 0.25) is 5.91 Å². The van der Waals surface area contributed by atoms with Crippen LogP contribution in [0.2, 0.25) is 0 Å². The normalized spacial score (nSPS) is 16.7. The minimum atomic E-state index is -4.40. The quantitative estimate of drug-likeness (QED) is 0.506. The van der Waals surface area contributed by atoms with Crippen molar-refractivity contribution in [3.05, 3.63) is 16.1 Å². The predicted molar refractivity (Wildman–Crippen MR) is 108 cm³/mol. The number of piperidine rings is 1. The lowest BCUT2D eigenvalue weighted by atomic mass is 10.1. The van der Waals surface area contributed by atoms with Crippen LogP contribution in [0.5, 0.6) is 0 Å². The molecule has 2 N–H and O–H groups in total. The molecule has 1 fully saturated rings. The maximum Gasteiger partial charge on any atom is 0.434 e. The van der Waals surface area contributed by atoms with E-state index in [0.29, 0.717) is 37.0 Å². The number of carbonyl (C=O) groups is 1. The van der Waals surface area contributed by atoms with Crippen molar-refractivity contribution in [1.29, 1.82) is 0 Å². The van der Waals surface area contributed by atoms with E-state index in [0.717, 1.165) is 42.6 Å². The number of hydrogen-bond donors (Lipinski definition) is 2. The van der Waals surface area contributed by atoms with Crippen LogP contribution in [-0.4, -0.2) is 79.5 Å². The van der Waals surface area contributed by atoms with Crippen molar-refractivity contribution in [2.45, 2.75) is 38.4 Å². The van der Waals surface area contributed by atoms with Crippen LogP contribution in [0, 0.1) is 0 Å². The molecule has 1 aliphatic heterocycles. The van der Waals surface area contributed by atoms with E-state index >= 15 is 0 Å². The molecule has 1 aromatic heterocycles. The fourth-order valence-corrected chi connectivity index (χ4v) is 3.69. The molecule has 0 unspecified atom stereocenters. The van der Waals surface area contributed by atoms with E-state index in [2.05, 4.69) is 25.5 Å². The van der Waals surface area contributed by atoms with Gasteiger partial charge >= 0.3 is 6.18 Å². The smallest absolute Gasteiger partial charge is 0.357 e. The number of amides is 1. The average molecular weight is 435 g/mol. The second kappa shape index (κ2) is 10.8. The number of rotatable bonds is 7. The number of carbonyl (C=O) groups excluding carboxylic acids is 1. The first-order chi connectivity index (χ1) is 13.7. The molecule has 0 bridgehead atoms. The van der Waals surface area contributed by atoms with Crippen LogP contribution < -0.4 is 10.6 Å². The topological polar surface area (TPSA) is 72.9 Å². The third-order valence-electron chi connectivity index (χ3n) is 4.57. The van der Waals surface area contributed by atoms with Crippen LogP contribution >= 0.6 is 11.3 Å². The molecule has 2 rings (SSSR count). The van der Waals surface area contributed by atoms with Gasteiger partial charge in [0, 0.05) is 58.1 Å². The lowest BCUT2D eigenvalue weighted by Gasteiger charge is -2.33. The van der Waals surface area contributed by atoms with Gasteiger partial charge in [0.15, 0.2) is 11.7 Å². The SMILES string of the molecule is CCNC(=NCCc1nc(C(F)(F)F)cs1)NC1CCN(CC(=O)N(C)C)CC1. The zero-order chi connectivity index (χ0) is 21.4. The molecule has 11 heteroatoms. The number of hydrogen-bond acceptors (Lipinski definition) is 5. The minimum absolute atomic E-state index is 0.0992. The second-order valence-corrected chi connectivity index (χ2v) is 8.06. The Morgan fingerprint density at radius 2 is 2.07 bits per heavy atom. The van der Waals surface area contributed by atoms with E-state index in [9.17, 15) is 18.0 Å². The van der Waals surface area contributed by atoms with Crippen molar-refractivity contribution in [3.8, 4) is 0 Å². The van der Waals surface area contributed by atoms with Crippen LogP contribution in [0.1, 0.15) is 30.5 Å². The molecule has 0 aromatic carbocycles. The highest BCUT2D eigenvalue weighted by molar-refractivity contribution is 7.09. The summed E-state index contributed by atoms with van der Waals surface area (Å²) in [6.07, 6.45) is -2.25. The summed E-state index contributed by atoms with van der Waals surface area (Å²) in [5, 5.41) is 8.03. The maximum atomic E-state index is 12.6. The molecule has 1 aliphatic rings. The Morgan fingerprint density at radius 1 is 1.38 bits per heavy atom. The number of thiazole rings is 1. The van der Waals surface area contributed by atoms with E-state index in [-0.39, 0.29) is 11.9 Å². The lowest BCUT2D eigenvalue weighted by Crippen LogP contribution is -2.50. The molecule has 0 radical (unpaired) electrons. The van der Waals surface area contributed by atoms with Gasteiger partial charge in [0.1, 0.15) is 0 Å². The van der Waals surface area contributed by atoms with E-state index in [1.807, 2.05) is 6.92 Å². The van der Waals surface area contributed by atoms with Gasteiger partial charge in [-0.25, -0.2) is 4.98 Å². The Balaban J connectivity index is 1.80. The summed E-state index contributed by atoms with van der Waals surface area (Å²) in [6, 6.07) is 0.246. The fraction of sp³-hybridized carbons (Fsp3) is 0.722. The molecule has 0 aliphatic carbocycles. The minimum Gasteiger partial charge on any atom is -0.357 e. The first-order valence-corrected chi connectivity index (χ1v) is 10.6. The molecule has 0 spiro atoms. The molecular formula is C18H29F3N6OS. The first-order valence-electron chi connectivity index (χ1n) is 9.68. The van der Waals surface area contributed by atoms with E-state index < -0.39 is 11.9 Å². The van der Waals surface area contributed by atoms with Crippen LogP contribution in [0.15, 0.2) is 10.4 Å². The number of likely N-dealkylation sites (tertiary alicyclic amines) is 1. The monoisotopic (exact) mass is 434 g/mol. The largest absolute Gasteiger partial charge is 0.434 e. The third kappa shape index (κ3) is 7.81. The zero-order valence-corrected chi connectivity index (χ0v) is 17.9. The summed E-state index contributed by atoms with van der Waals surface area (Å²) in [5.41, 5.74) is -0.842. The second-order valence-electron chi connectivity index (χ2n) is 7.12. The third-order valence-corrected chi connectivity index (χ3v) is 5.48. The highest BCUT2D eigenvalue weighted by Crippen LogP contribution is 2.30. The molecule has 1 amide bonds. The Labute approximate surface area is 173 Å². The Morgan fingerprint density at radius 3 is 2.62 bits per heavy atom. The van der Waals surface area contributed by atoms with Gasteiger partial charge in [-0.15, -0.1) is 11.3 Å². The van der Waals surface area contributed by atoms with Crippen molar-refractivity contribution >= 4 is 23.2 Å². The molecule has 0 saturated carbocycles. The highest BCUT2D eigenvalue weighted by atomic mass is 32.1. The zero-order valence-electron chi connectivity index (χ0n) is 17.1. The number of nitrogens with one attached hydrogen (secondary N) is 2. The molecule has 0 atom stereocenters. The molecular weight excluding hydrogens is 405 g/mol. The van der Waals surface area contributed by atoms with Crippen LogP contribution in [0.25, 0.3) is 0 Å². The summed E-state index contributed by atoms with van der Waals surface area (Å²) < 4.78 is 37.9. The standard InChI is InChI=1S/C18H29F3N6OS/c1-4-22-17(23-8-5-15-25-14(12-29-15)18(19,20)21)24-13-6-9-27(10-7-13)11-16(28)26(2)3/h12-13H,4-11H2,1-3H3,(H2,22,23,24). The van der Waals surface area contributed by atoms with Gasteiger partial charge in [-0.05, 0) is 19.8 Å². The molecule has 164 valence electrons. The molecule has 1 saturated heterocycles. The van der Waals surface area contributed by atoms with Crippen molar-refractivity contribution in [1.82, 2.24) is 25.4 Å². The number of guanidine groups is 1. The Hall–Kier alpha value is -1.88. The Bertz CT molecular complexity index is 683. The van der Waals surface area contributed by atoms with Crippen molar-refractivity contribution < 1.29 is 18.0 Å². The van der Waals surface area contributed by atoms with Gasteiger partial charge in [0.25, 0.3) is 0 Å². The number of likely N-dealkylation sites (N-methyl/N-ethyl adjacent to an activating group) is 1. The number of halogens is 3. The fourth-order valence-electron chi connectivity index (χ4n) is 2.90. The molecule has 29 heavy (non-hydrogen) atoms. The summed E-state index contributed by atoms with van der Waals surface area (Å²) in [5.74, 6) is 0.755. The number of aliphatic imine (C=N–C) groups is 1. The summed E-state index contributed by atoms with van der Waals surface area (Å²) >= 11 is 1.01. The number of alkyl halides is 3. The first kappa shape index (κ1) is 23.4. The van der Waals surface area contributed by atoms with E-state index in [4.69, 9.17) is 0 Å². The van der Waals surface area contributed by atoms with Gasteiger partial charge in [-0.2, -0.15) is 13.2 Å². The Kier molecular flexibility index (Phi) is 8.69. The van der Waals surface area contributed by atoms with Gasteiger partial charge in [0.05, 0.1) is 11.6 Å². The van der Waals surface area contributed by atoms with Crippen molar-refractivity contribution in [2.75, 3.05) is 46.8 Å². The van der Waals surface area contributed by atoms with Gasteiger partial charge in [-0.1, -0.05) is 0 Å². The van der Waals surface area contributed by atoms with Crippen LogP contribution in [0.3, 0.4) is 0 Å². The predicted octanol–water partition coefficient (Wildman–Crippen LogP) is 1.81. The highest BCUT2D eigenvalue weighted by Gasteiger charge is 2.33. The van der Waals surface area contributed by atoms with Gasteiger partial charge in [-0.3, -0.25) is 14.7 Å². The molecule has 7 nitrogen and oxygen atoms in total. The maximum absolute atomic E-state index is 12.6. The van der Waals surface area contributed by atoms with E-state index in [1.54, 1.807) is 19.0 Å². The summed E-state index contributed by atoms with van der Waals surface area (Å²) in [7, 11) is 3.51. The van der Waals surface area contributed by atoms with Crippen LogP contribution in [-0.2, 0) is 17.4 Å². The van der Waals surface area contributed by atoms with E-state index in [1.165, 1.54) is 0 Å². The summed E-state index contributed by atoms with van der Waals surface area (Å²) in [6.45, 7) is 5.10. The lowest BCUT2D eigenvalue weighted by molar-refractivity contribution is -0.140. The number of aromatic nitrogens is 1. The van der Waals surface area contributed by atoms with Gasteiger partial charge < -0.3 is 15.5 Å². The molecule has 1 aromatic rings. The average Bonchev–Trinajstić information content (AvgIpc) is 3.12. The number of nitrogens with zero attached hydrogens (tertiary/aromatic N) is 4. The molecule has 2 heterocycles. The summed E-state index contributed by atoms with van der Waals surface area (Å²) in [4.78, 5) is 23.7. The van der Waals surface area contributed by atoms with Crippen molar-refractivity contribution in [2.24, 2.45) is 4.99 Å².